The SMILES string of the molecule is CN1CCCN2CCNCCCN(CC1)CC2. The van der Waals surface area contributed by atoms with E-state index in [1.807, 2.05) is 0 Å². The van der Waals surface area contributed by atoms with Gasteiger partial charge in [-0.1, -0.05) is 0 Å². The predicted molar refractivity (Wildman–Crippen MR) is 72.5 cm³/mol. The molecule has 4 heteroatoms. The van der Waals surface area contributed by atoms with E-state index < -0.39 is 0 Å². The van der Waals surface area contributed by atoms with Gasteiger partial charge in [0, 0.05) is 39.3 Å². The molecule has 0 aliphatic carbocycles. The van der Waals surface area contributed by atoms with Gasteiger partial charge in [0.2, 0.25) is 0 Å². The number of likely N-dealkylation sites (N-methyl/N-ethyl adjacent to an activating group) is 1. The van der Waals surface area contributed by atoms with Gasteiger partial charge in [-0.3, -0.25) is 0 Å². The average Bonchev–Trinajstić information content (AvgIpc) is 2.35. The van der Waals surface area contributed by atoms with Crippen LogP contribution in [0.4, 0.5) is 0 Å². The maximum atomic E-state index is 3.55. The molecule has 2 atom stereocenters. The van der Waals surface area contributed by atoms with Crippen LogP contribution in [0.1, 0.15) is 12.8 Å². The van der Waals surface area contributed by atoms with E-state index >= 15 is 0 Å². The monoisotopic (exact) mass is 240 g/mol. The second-order valence-electron chi connectivity index (χ2n) is 5.44. The summed E-state index contributed by atoms with van der Waals surface area (Å²) in [6.45, 7) is 12.3. The molecular formula is C13H28N4. The molecule has 2 bridgehead atoms. The summed E-state index contributed by atoms with van der Waals surface area (Å²) in [4.78, 5) is 7.76. The summed E-state index contributed by atoms with van der Waals surface area (Å²) in [6, 6.07) is 0. The Hall–Kier alpha value is -0.160. The van der Waals surface area contributed by atoms with Gasteiger partial charge < -0.3 is 20.0 Å². The van der Waals surface area contributed by atoms with E-state index in [0.29, 0.717) is 0 Å². The van der Waals surface area contributed by atoms with E-state index in [9.17, 15) is 0 Å². The van der Waals surface area contributed by atoms with Gasteiger partial charge in [0.25, 0.3) is 0 Å². The summed E-state index contributed by atoms with van der Waals surface area (Å²) in [5.41, 5.74) is 0. The molecule has 2 heterocycles. The Bertz CT molecular complexity index is 210. The molecule has 1 N–H and O–H groups in total. The first-order valence-electron chi connectivity index (χ1n) is 7.18. The smallest absolute Gasteiger partial charge is 0.0110 e. The van der Waals surface area contributed by atoms with Gasteiger partial charge in [-0.05, 0) is 46.1 Å². The third-order valence-electron chi connectivity index (χ3n) is 3.98. The van der Waals surface area contributed by atoms with Crippen molar-refractivity contribution in [1.82, 2.24) is 20.0 Å². The van der Waals surface area contributed by atoms with E-state index in [2.05, 4.69) is 27.1 Å². The fourth-order valence-electron chi connectivity index (χ4n) is 2.73. The normalized spacial score (nSPS) is 34.4. The molecule has 17 heavy (non-hydrogen) atoms. The number of fused-ring (bicyclic) bond motifs is 3. The molecule has 4 nitrogen and oxygen atoms in total. The third kappa shape index (κ3) is 4.92. The first-order valence-corrected chi connectivity index (χ1v) is 7.18. The van der Waals surface area contributed by atoms with Crippen LogP contribution in [-0.2, 0) is 0 Å². The Morgan fingerprint density at radius 3 is 2.24 bits per heavy atom. The Balaban J connectivity index is 1.92. The molecule has 2 rings (SSSR count). The molecule has 0 spiro atoms. The van der Waals surface area contributed by atoms with Crippen LogP contribution in [0.5, 0.6) is 0 Å². The fraction of sp³-hybridized carbons (Fsp3) is 1.00. The lowest BCUT2D eigenvalue weighted by atomic mass is 10.2. The zero-order valence-corrected chi connectivity index (χ0v) is 11.3. The minimum atomic E-state index is 1.16. The summed E-state index contributed by atoms with van der Waals surface area (Å²) in [5, 5.41) is 3.55. The lowest BCUT2D eigenvalue weighted by Crippen LogP contribution is -2.45. The van der Waals surface area contributed by atoms with Gasteiger partial charge in [-0.25, -0.2) is 0 Å². The highest BCUT2D eigenvalue weighted by atomic mass is 15.2. The van der Waals surface area contributed by atoms with Gasteiger partial charge in [0.15, 0.2) is 0 Å². The molecule has 2 aliphatic rings. The summed E-state index contributed by atoms with van der Waals surface area (Å²) < 4.78 is 0. The Labute approximate surface area is 106 Å². The lowest BCUT2D eigenvalue weighted by molar-refractivity contribution is 0.155. The van der Waals surface area contributed by atoms with Crippen molar-refractivity contribution >= 4 is 0 Å². The molecule has 0 radical (unpaired) electrons. The third-order valence-corrected chi connectivity index (χ3v) is 3.98. The minimum Gasteiger partial charge on any atom is -0.315 e. The molecule has 0 aromatic rings. The van der Waals surface area contributed by atoms with Crippen molar-refractivity contribution in [2.75, 3.05) is 72.5 Å². The van der Waals surface area contributed by atoms with Crippen molar-refractivity contribution in [3.63, 3.8) is 0 Å². The van der Waals surface area contributed by atoms with Crippen LogP contribution in [-0.4, -0.2) is 87.2 Å². The molecule has 2 saturated heterocycles. The van der Waals surface area contributed by atoms with Gasteiger partial charge in [-0.2, -0.15) is 0 Å². The topological polar surface area (TPSA) is 21.8 Å². The zero-order valence-electron chi connectivity index (χ0n) is 11.3. The van der Waals surface area contributed by atoms with Gasteiger partial charge in [0.1, 0.15) is 0 Å². The number of hydrogen-bond acceptors (Lipinski definition) is 4. The zero-order chi connectivity index (χ0) is 11.9. The van der Waals surface area contributed by atoms with E-state index in [1.165, 1.54) is 71.7 Å². The van der Waals surface area contributed by atoms with E-state index in [4.69, 9.17) is 0 Å². The molecule has 2 aliphatic heterocycles. The van der Waals surface area contributed by atoms with Crippen LogP contribution in [0.2, 0.25) is 0 Å². The first kappa shape index (κ1) is 13.3. The van der Waals surface area contributed by atoms with Gasteiger partial charge in [0.05, 0.1) is 0 Å². The van der Waals surface area contributed by atoms with Crippen LogP contribution in [0, 0.1) is 0 Å². The summed E-state index contributed by atoms with van der Waals surface area (Å²) in [6.07, 6.45) is 2.61. The summed E-state index contributed by atoms with van der Waals surface area (Å²) in [5.74, 6) is 0. The summed E-state index contributed by atoms with van der Waals surface area (Å²) >= 11 is 0. The minimum absolute atomic E-state index is 1.16. The van der Waals surface area contributed by atoms with Crippen LogP contribution in [0.25, 0.3) is 0 Å². The fourth-order valence-corrected chi connectivity index (χ4v) is 2.73. The van der Waals surface area contributed by atoms with Crippen molar-refractivity contribution in [3.8, 4) is 0 Å². The molecule has 100 valence electrons. The van der Waals surface area contributed by atoms with E-state index in [1.54, 1.807) is 0 Å². The van der Waals surface area contributed by atoms with Crippen LogP contribution < -0.4 is 5.32 Å². The van der Waals surface area contributed by atoms with Crippen molar-refractivity contribution in [3.05, 3.63) is 0 Å². The van der Waals surface area contributed by atoms with Gasteiger partial charge >= 0.3 is 0 Å². The Morgan fingerprint density at radius 1 is 0.647 bits per heavy atom. The van der Waals surface area contributed by atoms with Crippen LogP contribution in [0.3, 0.4) is 0 Å². The molecule has 0 aromatic carbocycles. The quantitative estimate of drug-likeness (QED) is 0.639. The number of nitrogens with one attached hydrogen (secondary N) is 1. The second kappa shape index (κ2) is 7.31. The second-order valence-corrected chi connectivity index (χ2v) is 5.44. The molecular weight excluding hydrogens is 212 g/mol. The summed E-state index contributed by atoms with van der Waals surface area (Å²) in [7, 11) is 2.26. The molecule has 0 amide bonds. The molecule has 0 aromatic heterocycles. The highest BCUT2D eigenvalue weighted by Gasteiger charge is 2.13. The molecule has 2 unspecified atom stereocenters. The highest BCUT2D eigenvalue weighted by molar-refractivity contribution is 4.71. The maximum Gasteiger partial charge on any atom is 0.0110 e. The van der Waals surface area contributed by atoms with Crippen molar-refractivity contribution in [2.45, 2.75) is 12.8 Å². The largest absolute Gasteiger partial charge is 0.315 e. The van der Waals surface area contributed by atoms with Crippen LogP contribution >= 0.6 is 0 Å². The Kier molecular flexibility index (Phi) is 5.71. The predicted octanol–water partition coefficient (Wildman–Crippen LogP) is -0.0808. The lowest BCUT2D eigenvalue weighted by Gasteiger charge is -2.32. The van der Waals surface area contributed by atoms with Crippen molar-refractivity contribution in [2.24, 2.45) is 0 Å². The molecule has 0 saturated carbocycles. The first-order chi connectivity index (χ1) is 8.34. The maximum absolute atomic E-state index is 3.55. The van der Waals surface area contributed by atoms with E-state index in [0.717, 1.165) is 6.54 Å². The number of hydrogen-bond donors (Lipinski definition) is 1. The van der Waals surface area contributed by atoms with Crippen molar-refractivity contribution < 1.29 is 0 Å². The van der Waals surface area contributed by atoms with Crippen molar-refractivity contribution in [1.29, 1.82) is 0 Å². The highest BCUT2D eigenvalue weighted by Crippen LogP contribution is 2.02. The number of nitrogens with zero attached hydrogens (tertiary/aromatic N) is 3. The number of rotatable bonds is 0. The van der Waals surface area contributed by atoms with E-state index in [-0.39, 0.29) is 0 Å². The van der Waals surface area contributed by atoms with Crippen LogP contribution in [0.15, 0.2) is 0 Å². The molecule has 2 fully saturated rings. The average molecular weight is 240 g/mol. The standard InChI is InChI=1S/C13H28N4/c1-15-6-3-8-16-9-5-14-4-2-7-17(11-10-15)13-12-16/h14H,2-13H2,1H3. The van der Waals surface area contributed by atoms with Gasteiger partial charge in [-0.15, -0.1) is 0 Å². The Morgan fingerprint density at radius 2 is 1.35 bits per heavy atom.